The summed E-state index contributed by atoms with van der Waals surface area (Å²) in [5.74, 6) is 0.508. The Morgan fingerprint density at radius 2 is 1.61 bits per heavy atom. The largest absolute Gasteiger partial charge is 0.462 e. The van der Waals surface area contributed by atoms with E-state index in [-0.39, 0.29) is 0 Å². The monoisotopic (exact) mass is 248 g/mol. The molecule has 0 unspecified atom stereocenters. The van der Waals surface area contributed by atoms with Gasteiger partial charge in [0, 0.05) is 0 Å². The molecule has 4 nitrogen and oxygen atoms in total. The Balaban J connectivity index is 1.86. The smallest absolute Gasteiger partial charge is 0.418 e. The third-order valence-electron chi connectivity index (χ3n) is 3.23. The standard InChI is InChI=1S/C14H16O4/c1-10-13(2,3)18-14(17-10)15-8-11-6-4-5-7-12(11)9-16-14/h4-7H,1,8-9H2,2-3H3. The van der Waals surface area contributed by atoms with Crippen LogP contribution in [-0.4, -0.2) is 11.8 Å². The number of hydrogen-bond acceptors (Lipinski definition) is 4. The quantitative estimate of drug-likeness (QED) is 0.707. The minimum Gasteiger partial charge on any atom is -0.418 e. The van der Waals surface area contributed by atoms with E-state index in [2.05, 4.69) is 6.58 Å². The van der Waals surface area contributed by atoms with Crippen LogP contribution in [-0.2, 0) is 32.2 Å². The topological polar surface area (TPSA) is 36.9 Å². The van der Waals surface area contributed by atoms with E-state index < -0.39 is 11.8 Å². The van der Waals surface area contributed by atoms with Gasteiger partial charge >= 0.3 is 6.16 Å². The van der Waals surface area contributed by atoms with E-state index in [9.17, 15) is 0 Å². The van der Waals surface area contributed by atoms with Crippen molar-refractivity contribution < 1.29 is 18.9 Å². The Kier molecular flexibility index (Phi) is 2.48. The molecule has 4 heteroatoms. The SMILES string of the molecule is C=C1OC2(OCc3ccccc3CO2)OC1(C)C. The molecule has 96 valence electrons. The van der Waals surface area contributed by atoms with Gasteiger partial charge in [0.05, 0.1) is 13.2 Å². The van der Waals surface area contributed by atoms with Crippen LogP contribution in [0, 0.1) is 0 Å². The van der Waals surface area contributed by atoms with Crippen LogP contribution >= 0.6 is 0 Å². The summed E-state index contributed by atoms with van der Waals surface area (Å²) in [5, 5.41) is 0. The first-order valence-electron chi connectivity index (χ1n) is 5.94. The first kappa shape index (κ1) is 11.7. The van der Waals surface area contributed by atoms with Crippen LogP contribution in [0.2, 0.25) is 0 Å². The average molecular weight is 248 g/mol. The molecule has 0 bridgehead atoms. The Morgan fingerprint density at radius 3 is 2.06 bits per heavy atom. The molecule has 18 heavy (non-hydrogen) atoms. The van der Waals surface area contributed by atoms with Crippen LogP contribution in [0.1, 0.15) is 25.0 Å². The van der Waals surface area contributed by atoms with E-state index in [1.807, 2.05) is 38.1 Å². The normalized spacial score (nSPS) is 24.4. The number of fused-ring (bicyclic) bond motifs is 1. The minimum absolute atomic E-state index is 0.388. The van der Waals surface area contributed by atoms with Gasteiger partial charge in [-0.3, -0.25) is 14.2 Å². The maximum Gasteiger partial charge on any atom is 0.462 e. The molecule has 0 saturated carbocycles. The van der Waals surface area contributed by atoms with Crippen LogP contribution in [0.3, 0.4) is 0 Å². The second-order valence-electron chi connectivity index (χ2n) is 4.98. The number of hydrogen-bond donors (Lipinski definition) is 0. The molecule has 1 aromatic carbocycles. The van der Waals surface area contributed by atoms with Crippen molar-refractivity contribution in [2.24, 2.45) is 0 Å². The Hall–Kier alpha value is -1.36. The highest BCUT2D eigenvalue weighted by Crippen LogP contribution is 2.42. The fourth-order valence-corrected chi connectivity index (χ4v) is 1.99. The number of benzene rings is 1. The molecule has 0 amide bonds. The molecule has 1 spiro atoms. The zero-order chi connectivity index (χ0) is 12.8. The van der Waals surface area contributed by atoms with Crippen LogP contribution in [0.25, 0.3) is 0 Å². The molecule has 1 fully saturated rings. The van der Waals surface area contributed by atoms with E-state index in [1.165, 1.54) is 0 Å². The van der Waals surface area contributed by atoms with Gasteiger partial charge in [-0.25, -0.2) is 0 Å². The van der Waals surface area contributed by atoms with Crippen molar-refractivity contribution >= 4 is 0 Å². The van der Waals surface area contributed by atoms with Gasteiger partial charge in [0.15, 0.2) is 0 Å². The minimum atomic E-state index is -1.46. The molecule has 0 aliphatic carbocycles. The Morgan fingerprint density at radius 1 is 1.06 bits per heavy atom. The fraction of sp³-hybridized carbons (Fsp3) is 0.429. The van der Waals surface area contributed by atoms with E-state index in [0.717, 1.165) is 11.1 Å². The Bertz CT molecular complexity index is 465. The maximum absolute atomic E-state index is 5.73. The summed E-state index contributed by atoms with van der Waals surface area (Å²) in [4.78, 5) is 0. The predicted molar refractivity (Wildman–Crippen MR) is 64.1 cm³/mol. The van der Waals surface area contributed by atoms with Crippen LogP contribution in [0.15, 0.2) is 36.6 Å². The van der Waals surface area contributed by atoms with Crippen molar-refractivity contribution in [3.05, 3.63) is 47.7 Å². The van der Waals surface area contributed by atoms with Crippen molar-refractivity contribution in [3.63, 3.8) is 0 Å². The van der Waals surface area contributed by atoms with Crippen LogP contribution < -0.4 is 0 Å². The highest BCUT2D eigenvalue weighted by Gasteiger charge is 2.53. The van der Waals surface area contributed by atoms with E-state index in [4.69, 9.17) is 18.9 Å². The summed E-state index contributed by atoms with van der Waals surface area (Å²) >= 11 is 0. The lowest BCUT2D eigenvalue weighted by Crippen LogP contribution is -2.38. The number of ether oxygens (including phenoxy) is 4. The first-order valence-corrected chi connectivity index (χ1v) is 5.94. The molecule has 0 atom stereocenters. The van der Waals surface area contributed by atoms with Gasteiger partial charge in [0.25, 0.3) is 0 Å². The summed E-state index contributed by atoms with van der Waals surface area (Å²) in [6, 6.07) is 7.96. The van der Waals surface area contributed by atoms with Crippen LogP contribution in [0.5, 0.6) is 0 Å². The van der Waals surface area contributed by atoms with Crippen molar-refractivity contribution in [1.82, 2.24) is 0 Å². The molecule has 1 aromatic rings. The van der Waals surface area contributed by atoms with E-state index >= 15 is 0 Å². The van der Waals surface area contributed by atoms with Gasteiger partial charge < -0.3 is 4.74 Å². The summed E-state index contributed by atoms with van der Waals surface area (Å²) < 4.78 is 22.6. The van der Waals surface area contributed by atoms with Gasteiger partial charge in [-0.2, -0.15) is 0 Å². The summed E-state index contributed by atoms with van der Waals surface area (Å²) in [7, 11) is 0. The summed E-state index contributed by atoms with van der Waals surface area (Å²) in [6.07, 6.45) is -1.46. The highest BCUT2D eigenvalue weighted by molar-refractivity contribution is 5.26. The third kappa shape index (κ3) is 1.82. The molecule has 0 radical (unpaired) electrons. The van der Waals surface area contributed by atoms with Gasteiger partial charge in [-0.1, -0.05) is 30.8 Å². The first-order chi connectivity index (χ1) is 8.51. The highest BCUT2D eigenvalue weighted by atomic mass is 17.0. The van der Waals surface area contributed by atoms with Gasteiger partial charge in [-0.15, -0.1) is 0 Å². The van der Waals surface area contributed by atoms with Gasteiger partial charge in [-0.05, 0) is 25.0 Å². The van der Waals surface area contributed by atoms with Gasteiger partial charge in [0.1, 0.15) is 11.4 Å². The van der Waals surface area contributed by atoms with E-state index in [0.29, 0.717) is 19.0 Å². The molecule has 0 aromatic heterocycles. The lowest BCUT2D eigenvalue weighted by atomic mass is 10.1. The molecule has 0 N–H and O–H groups in total. The average Bonchev–Trinajstić information content (AvgIpc) is 2.48. The summed E-state index contributed by atoms with van der Waals surface area (Å²) in [6.45, 7) is 8.35. The van der Waals surface area contributed by atoms with Gasteiger partial charge in [0.2, 0.25) is 0 Å². The van der Waals surface area contributed by atoms with E-state index in [1.54, 1.807) is 0 Å². The molecular formula is C14H16O4. The molecular weight excluding hydrogens is 232 g/mol. The number of rotatable bonds is 0. The van der Waals surface area contributed by atoms with Crippen LogP contribution in [0.4, 0.5) is 0 Å². The lowest BCUT2D eigenvalue weighted by Gasteiger charge is -2.24. The molecule has 1 saturated heterocycles. The molecule has 2 heterocycles. The second kappa shape index (κ2) is 3.82. The van der Waals surface area contributed by atoms with Crippen molar-refractivity contribution in [3.8, 4) is 0 Å². The maximum atomic E-state index is 5.73. The van der Waals surface area contributed by atoms with Crippen molar-refractivity contribution in [1.29, 1.82) is 0 Å². The van der Waals surface area contributed by atoms with Crippen molar-refractivity contribution in [2.75, 3.05) is 0 Å². The third-order valence-corrected chi connectivity index (χ3v) is 3.23. The molecule has 2 aliphatic rings. The predicted octanol–water partition coefficient (Wildman–Crippen LogP) is 2.68. The van der Waals surface area contributed by atoms with Crippen molar-refractivity contribution in [2.45, 2.75) is 38.8 Å². The fourth-order valence-electron chi connectivity index (χ4n) is 1.99. The molecule has 3 rings (SSSR count). The molecule has 2 aliphatic heterocycles. The lowest BCUT2D eigenvalue weighted by molar-refractivity contribution is -0.473. The zero-order valence-corrected chi connectivity index (χ0v) is 10.6. The second-order valence-corrected chi connectivity index (χ2v) is 4.98. The Labute approximate surface area is 106 Å². The summed E-state index contributed by atoms with van der Waals surface area (Å²) in [5.41, 5.74) is 1.55. The zero-order valence-electron chi connectivity index (χ0n) is 10.6.